The molecular weight excluding hydrogens is 182 g/mol. The van der Waals surface area contributed by atoms with E-state index in [2.05, 4.69) is 15.1 Å². The van der Waals surface area contributed by atoms with Crippen LogP contribution in [-0.2, 0) is 0 Å². The Bertz CT molecular complexity index is 550. The monoisotopic (exact) mass is 191 g/mol. The third-order valence-corrected chi connectivity index (χ3v) is 2.08. The van der Waals surface area contributed by atoms with Gasteiger partial charge >= 0.3 is 5.69 Å². The summed E-state index contributed by atoms with van der Waals surface area (Å²) in [6.07, 6.45) is 0. The van der Waals surface area contributed by atoms with Crippen LogP contribution in [0.25, 0.3) is 11.0 Å². The molecule has 0 bridgehead atoms. The fourth-order valence-corrected chi connectivity index (χ4v) is 1.32. The van der Waals surface area contributed by atoms with Gasteiger partial charge in [-0.1, -0.05) is 11.2 Å². The number of hydrogen-bond acceptors (Lipinski definition) is 3. The van der Waals surface area contributed by atoms with Crippen molar-refractivity contribution in [1.82, 2.24) is 9.97 Å². The Labute approximate surface area is 79.1 Å². The second-order valence-corrected chi connectivity index (χ2v) is 3.02. The van der Waals surface area contributed by atoms with Gasteiger partial charge in [0, 0.05) is 5.56 Å². The molecule has 1 aromatic heterocycles. The third-order valence-electron chi connectivity index (χ3n) is 2.08. The first kappa shape index (κ1) is 8.55. The van der Waals surface area contributed by atoms with Crippen molar-refractivity contribution in [3.05, 3.63) is 34.2 Å². The molecule has 14 heavy (non-hydrogen) atoms. The highest BCUT2D eigenvalue weighted by Gasteiger charge is 2.01. The van der Waals surface area contributed by atoms with Gasteiger partial charge in [0.2, 0.25) is 0 Å². The summed E-state index contributed by atoms with van der Waals surface area (Å²) in [5.41, 5.74) is 2.49. The number of aromatic nitrogens is 2. The predicted molar refractivity (Wildman–Crippen MR) is 52.9 cm³/mol. The van der Waals surface area contributed by atoms with Crippen molar-refractivity contribution in [2.75, 3.05) is 0 Å². The van der Waals surface area contributed by atoms with Crippen molar-refractivity contribution in [3.63, 3.8) is 0 Å². The molecule has 2 rings (SSSR count). The Morgan fingerprint density at radius 2 is 2.07 bits per heavy atom. The molecule has 5 heteroatoms. The number of oxime groups is 1. The quantitative estimate of drug-likeness (QED) is 0.358. The van der Waals surface area contributed by atoms with Crippen molar-refractivity contribution in [1.29, 1.82) is 0 Å². The van der Waals surface area contributed by atoms with Gasteiger partial charge in [-0.2, -0.15) is 0 Å². The third kappa shape index (κ3) is 1.28. The van der Waals surface area contributed by atoms with Crippen LogP contribution in [-0.4, -0.2) is 20.9 Å². The van der Waals surface area contributed by atoms with Gasteiger partial charge in [0.15, 0.2) is 0 Å². The molecule has 5 nitrogen and oxygen atoms in total. The van der Waals surface area contributed by atoms with Crippen LogP contribution in [0.5, 0.6) is 0 Å². The van der Waals surface area contributed by atoms with Gasteiger partial charge in [0.25, 0.3) is 0 Å². The van der Waals surface area contributed by atoms with Crippen LogP contribution in [0.4, 0.5) is 0 Å². The molecule has 1 aromatic carbocycles. The molecule has 0 aliphatic carbocycles. The molecule has 0 spiro atoms. The number of H-pyrrole nitrogens is 2. The summed E-state index contributed by atoms with van der Waals surface area (Å²) in [7, 11) is 0. The molecule has 0 saturated heterocycles. The molecule has 2 aromatic rings. The average molecular weight is 191 g/mol. The fraction of sp³-hybridized carbons (Fsp3) is 0.111. The fourth-order valence-electron chi connectivity index (χ4n) is 1.32. The smallest absolute Gasteiger partial charge is 0.323 e. The standard InChI is InChI=1S/C9H9N3O2/c1-5(12-14)6-2-3-7-8(4-6)11-9(13)10-7/h2-4,14H,1H3,(H2,10,11,13)/b12-5-. The van der Waals surface area contributed by atoms with E-state index in [1.54, 1.807) is 25.1 Å². The Hall–Kier alpha value is -2.04. The van der Waals surface area contributed by atoms with Crippen LogP contribution in [0.2, 0.25) is 0 Å². The van der Waals surface area contributed by atoms with Crippen LogP contribution >= 0.6 is 0 Å². The summed E-state index contributed by atoms with van der Waals surface area (Å²) in [6, 6.07) is 5.29. The summed E-state index contributed by atoms with van der Waals surface area (Å²) < 4.78 is 0. The van der Waals surface area contributed by atoms with E-state index in [0.29, 0.717) is 11.2 Å². The van der Waals surface area contributed by atoms with Crippen molar-refractivity contribution in [2.24, 2.45) is 5.16 Å². The lowest BCUT2D eigenvalue weighted by atomic mass is 10.1. The molecule has 1 heterocycles. The van der Waals surface area contributed by atoms with Gasteiger partial charge in [0.05, 0.1) is 16.7 Å². The summed E-state index contributed by atoms with van der Waals surface area (Å²) >= 11 is 0. The lowest BCUT2D eigenvalue weighted by molar-refractivity contribution is 0.319. The van der Waals surface area contributed by atoms with Crippen molar-refractivity contribution in [3.8, 4) is 0 Å². The maximum Gasteiger partial charge on any atom is 0.323 e. The molecule has 0 saturated carbocycles. The summed E-state index contributed by atoms with van der Waals surface area (Å²) in [5, 5.41) is 11.7. The van der Waals surface area contributed by atoms with Crippen LogP contribution in [0.1, 0.15) is 12.5 Å². The largest absolute Gasteiger partial charge is 0.411 e. The number of nitrogens with zero attached hydrogens (tertiary/aromatic N) is 1. The normalized spacial score (nSPS) is 12.2. The zero-order chi connectivity index (χ0) is 10.1. The number of hydrogen-bond donors (Lipinski definition) is 3. The van der Waals surface area contributed by atoms with E-state index in [-0.39, 0.29) is 5.69 Å². The molecule has 72 valence electrons. The Morgan fingerprint density at radius 1 is 1.36 bits per heavy atom. The highest BCUT2D eigenvalue weighted by molar-refractivity contribution is 6.00. The maximum absolute atomic E-state index is 10.9. The second kappa shape index (κ2) is 3.02. The predicted octanol–water partition coefficient (Wildman–Crippen LogP) is 1.05. The zero-order valence-corrected chi connectivity index (χ0v) is 7.53. The molecule has 0 fully saturated rings. The van der Waals surface area contributed by atoms with Crippen molar-refractivity contribution >= 4 is 16.7 Å². The first-order valence-electron chi connectivity index (χ1n) is 4.12. The molecule has 0 unspecified atom stereocenters. The topological polar surface area (TPSA) is 81.2 Å². The minimum atomic E-state index is -0.240. The van der Waals surface area contributed by atoms with Crippen molar-refractivity contribution < 1.29 is 5.21 Å². The lowest BCUT2D eigenvalue weighted by Crippen LogP contribution is -1.99. The molecule has 3 N–H and O–H groups in total. The van der Waals surface area contributed by atoms with Gasteiger partial charge in [-0.25, -0.2) is 4.79 Å². The van der Waals surface area contributed by atoms with Crippen LogP contribution in [0, 0.1) is 0 Å². The average Bonchev–Trinajstić information content (AvgIpc) is 2.55. The van der Waals surface area contributed by atoms with Crippen molar-refractivity contribution in [2.45, 2.75) is 6.92 Å². The Balaban J connectivity index is 2.67. The van der Waals surface area contributed by atoms with E-state index in [1.165, 1.54) is 0 Å². The summed E-state index contributed by atoms with van der Waals surface area (Å²) in [6.45, 7) is 1.69. The van der Waals surface area contributed by atoms with E-state index in [1.807, 2.05) is 0 Å². The molecule has 0 atom stereocenters. The Kier molecular flexibility index (Phi) is 1.85. The van der Waals surface area contributed by atoms with Crippen LogP contribution in [0.15, 0.2) is 28.1 Å². The van der Waals surface area contributed by atoms with Crippen LogP contribution in [0.3, 0.4) is 0 Å². The number of imidazole rings is 1. The number of rotatable bonds is 1. The minimum Gasteiger partial charge on any atom is -0.411 e. The number of fused-ring (bicyclic) bond motifs is 1. The molecule has 0 amide bonds. The minimum absolute atomic E-state index is 0.240. The molecular formula is C9H9N3O2. The molecule has 0 radical (unpaired) electrons. The van der Waals surface area contributed by atoms with Gasteiger partial charge in [-0.3, -0.25) is 0 Å². The highest BCUT2D eigenvalue weighted by atomic mass is 16.4. The van der Waals surface area contributed by atoms with Gasteiger partial charge in [-0.05, 0) is 19.1 Å². The van der Waals surface area contributed by atoms with Gasteiger partial charge < -0.3 is 15.2 Å². The first-order chi connectivity index (χ1) is 6.70. The Morgan fingerprint density at radius 3 is 2.79 bits per heavy atom. The first-order valence-corrected chi connectivity index (χ1v) is 4.12. The van der Waals surface area contributed by atoms with Crippen LogP contribution < -0.4 is 5.69 Å². The highest BCUT2D eigenvalue weighted by Crippen LogP contribution is 2.10. The summed E-state index contributed by atoms with van der Waals surface area (Å²) in [4.78, 5) is 16.2. The number of nitrogens with one attached hydrogen (secondary N) is 2. The SMILES string of the molecule is C/C(=N/O)c1ccc2[nH]c(=O)[nH]c2c1. The van der Waals surface area contributed by atoms with Gasteiger partial charge in [-0.15, -0.1) is 0 Å². The maximum atomic E-state index is 10.9. The lowest BCUT2D eigenvalue weighted by Gasteiger charge is -1.97. The zero-order valence-electron chi connectivity index (χ0n) is 7.53. The van der Waals surface area contributed by atoms with E-state index >= 15 is 0 Å². The van der Waals surface area contributed by atoms with E-state index in [0.717, 1.165) is 11.1 Å². The van der Waals surface area contributed by atoms with Gasteiger partial charge in [0.1, 0.15) is 0 Å². The van der Waals surface area contributed by atoms with E-state index < -0.39 is 0 Å². The molecule has 0 aliphatic heterocycles. The van der Waals surface area contributed by atoms with E-state index in [4.69, 9.17) is 5.21 Å². The molecule has 0 aliphatic rings. The number of benzene rings is 1. The second-order valence-electron chi connectivity index (χ2n) is 3.02. The van der Waals surface area contributed by atoms with E-state index in [9.17, 15) is 4.79 Å². The summed E-state index contributed by atoms with van der Waals surface area (Å²) in [5.74, 6) is 0. The number of aromatic amines is 2.